The number of methoxy groups -OCH3 is 1. The van der Waals surface area contributed by atoms with E-state index in [1.807, 2.05) is 6.07 Å². The summed E-state index contributed by atoms with van der Waals surface area (Å²) >= 11 is 0. The molecule has 3 rings (SSSR count). The van der Waals surface area contributed by atoms with Crippen LogP contribution in [0.1, 0.15) is 18.0 Å². The second-order valence-electron chi connectivity index (χ2n) is 5.59. The number of fused-ring (bicyclic) bond motifs is 1. The highest BCUT2D eigenvalue weighted by Gasteiger charge is 2.29. The summed E-state index contributed by atoms with van der Waals surface area (Å²) in [5, 5.41) is 2.24. The third kappa shape index (κ3) is 2.25. The molecule has 0 amide bonds. The van der Waals surface area contributed by atoms with Crippen LogP contribution in [-0.4, -0.2) is 37.1 Å². The van der Waals surface area contributed by atoms with E-state index < -0.39 is 0 Å². The van der Waals surface area contributed by atoms with Crippen LogP contribution in [0.2, 0.25) is 0 Å². The molecule has 0 bridgehead atoms. The first-order chi connectivity index (χ1) is 9.72. The zero-order valence-electron chi connectivity index (χ0n) is 12.0. The second kappa shape index (κ2) is 5.38. The summed E-state index contributed by atoms with van der Waals surface area (Å²) in [4.78, 5) is 6.68. The molecule has 4 heteroatoms. The third-order valence-corrected chi connectivity index (χ3v) is 4.30. The average Bonchev–Trinajstić information content (AvgIpc) is 2.87. The number of nitrogens with two attached hydrogens (primary N) is 1. The normalized spacial score (nSPS) is 23.4. The first kappa shape index (κ1) is 13.3. The summed E-state index contributed by atoms with van der Waals surface area (Å²) in [7, 11) is 3.84. The minimum absolute atomic E-state index is 0.442. The highest BCUT2D eigenvalue weighted by atomic mass is 16.5. The van der Waals surface area contributed by atoms with Crippen LogP contribution in [0.5, 0.6) is 5.88 Å². The summed E-state index contributed by atoms with van der Waals surface area (Å²) in [6.07, 6.45) is 2.91. The van der Waals surface area contributed by atoms with Gasteiger partial charge in [-0.25, -0.2) is 4.98 Å². The lowest BCUT2D eigenvalue weighted by molar-refractivity contribution is 0.314. The summed E-state index contributed by atoms with van der Waals surface area (Å²) in [5.41, 5.74) is 7.14. The molecule has 4 nitrogen and oxygen atoms in total. The third-order valence-electron chi connectivity index (χ3n) is 4.30. The minimum Gasteiger partial charge on any atom is -0.481 e. The molecule has 1 aliphatic rings. The van der Waals surface area contributed by atoms with Crippen LogP contribution >= 0.6 is 0 Å². The van der Waals surface area contributed by atoms with E-state index in [9.17, 15) is 0 Å². The number of hydrogen-bond donors (Lipinski definition) is 1. The molecule has 1 aromatic heterocycles. The maximum Gasteiger partial charge on any atom is 0.221 e. The molecule has 20 heavy (non-hydrogen) atoms. The van der Waals surface area contributed by atoms with Gasteiger partial charge in [0, 0.05) is 24.2 Å². The highest BCUT2D eigenvalue weighted by Crippen LogP contribution is 2.36. The molecule has 1 aromatic carbocycles. The summed E-state index contributed by atoms with van der Waals surface area (Å²) in [6.45, 7) is 1.84. The van der Waals surface area contributed by atoms with Crippen molar-refractivity contribution >= 4 is 10.8 Å². The molecule has 2 N–H and O–H groups in total. The number of likely N-dealkylation sites (tertiary alicyclic amines) is 1. The largest absolute Gasteiger partial charge is 0.481 e. The maximum absolute atomic E-state index is 5.82. The molecule has 1 saturated heterocycles. The predicted molar refractivity (Wildman–Crippen MR) is 80.8 cm³/mol. The van der Waals surface area contributed by atoms with Gasteiger partial charge in [-0.1, -0.05) is 12.1 Å². The predicted octanol–water partition coefficient (Wildman–Crippen LogP) is 2.19. The fourth-order valence-corrected chi connectivity index (χ4v) is 3.20. The van der Waals surface area contributed by atoms with Crippen LogP contribution in [-0.2, 0) is 0 Å². The Morgan fingerprint density at radius 2 is 2.25 bits per heavy atom. The van der Waals surface area contributed by atoms with Crippen LogP contribution in [0, 0.1) is 5.92 Å². The molecular formula is C16H21N3O. The van der Waals surface area contributed by atoms with Crippen molar-refractivity contribution < 1.29 is 4.74 Å². The molecule has 2 unspecified atom stereocenters. The van der Waals surface area contributed by atoms with E-state index in [1.54, 1.807) is 13.3 Å². The summed E-state index contributed by atoms with van der Waals surface area (Å²) in [5.74, 6) is 1.29. The van der Waals surface area contributed by atoms with Crippen molar-refractivity contribution in [1.29, 1.82) is 0 Å². The van der Waals surface area contributed by atoms with Gasteiger partial charge in [0.2, 0.25) is 5.88 Å². The minimum atomic E-state index is 0.442. The standard InChI is InChI=1S/C16H21N3O/c1-19-10-11(9-17)7-15(19)13-4-3-12-5-6-18-16(20-2)14(12)8-13/h3-6,8,11,15H,7,9-10,17H2,1-2H3. The van der Waals surface area contributed by atoms with Crippen molar-refractivity contribution in [3.63, 3.8) is 0 Å². The van der Waals surface area contributed by atoms with E-state index in [1.165, 1.54) is 5.56 Å². The molecule has 0 radical (unpaired) electrons. The van der Waals surface area contributed by atoms with Gasteiger partial charge in [0.15, 0.2) is 0 Å². The zero-order valence-corrected chi connectivity index (χ0v) is 12.0. The van der Waals surface area contributed by atoms with Gasteiger partial charge in [0.1, 0.15) is 0 Å². The fraction of sp³-hybridized carbons (Fsp3) is 0.438. The van der Waals surface area contributed by atoms with Crippen molar-refractivity contribution in [2.24, 2.45) is 11.7 Å². The van der Waals surface area contributed by atoms with E-state index in [0.717, 1.165) is 30.3 Å². The Hall–Kier alpha value is -1.65. The van der Waals surface area contributed by atoms with Gasteiger partial charge in [0.25, 0.3) is 0 Å². The van der Waals surface area contributed by atoms with Gasteiger partial charge >= 0.3 is 0 Å². The van der Waals surface area contributed by atoms with Crippen molar-refractivity contribution in [2.75, 3.05) is 27.2 Å². The molecule has 106 valence electrons. The van der Waals surface area contributed by atoms with Crippen LogP contribution in [0.25, 0.3) is 10.8 Å². The van der Waals surface area contributed by atoms with E-state index in [2.05, 4.69) is 35.1 Å². The van der Waals surface area contributed by atoms with Crippen molar-refractivity contribution in [1.82, 2.24) is 9.88 Å². The van der Waals surface area contributed by atoms with Gasteiger partial charge in [-0.2, -0.15) is 0 Å². The molecule has 2 heterocycles. The molecular weight excluding hydrogens is 250 g/mol. The molecule has 2 atom stereocenters. The van der Waals surface area contributed by atoms with Gasteiger partial charge in [-0.05, 0) is 49.0 Å². The number of benzene rings is 1. The lowest BCUT2D eigenvalue weighted by atomic mass is 9.98. The molecule has 1 fully saturated rings. The molecule has 0 spiro atoms. The Bertz CT molecular complexity index is 614. The van der Waals surface area contributed by atoms with Crippen LogP contribution in [0.3, 0.4) is 0 Å². The topological polar surface area (TPSA) is 51.4 Å². The van der Waals surface area contributed by atoms with Crippen LogP contribution in [0.15, 0.2) is 30.5 Å². The lowest BCUT2D eigenvalue weighted by Gasteiger charge is -2.20. The number of pyridine rings is 1. The Morgan fingerprint density at radius 3 is 2.95 bits per heavy atom. The Morgan fingerprint density at radius 1 is 1.40 bits per heavy atom. The Balaban J connectivity index is 2.00. The summed E-state index contributed by atoms with van der Waals surface area (Å²) < 4.78 is 5.37. The fourth-order valence-electron chi connectivity index (χ4n) is 3.20. The maximum atomic E-state index is 5.82. The number of hydrogen-bond acceptors (Lipinski definition) is 4. The van der Waals surface area contributed by atoms with Gasteiger partial charge in [-0.3, -0.25) is 4.90 Å². The number of nitrogens with zero attached hydrogens (tertiary/aromatic N) is 2. The molecule has 0 aliphatic carbocycles. The van der Waals surface area contributed by atoms with E-state index in [4.69, 9.17) is 10.5 Å². The van der Waals surface area contributed by atoms with Crippen LogP contribution < -0.4 is 10.5 Å². The monoisotopic (exact) mass is 271 g/mol. The number of aromatic nitrogens is 1. The first-order valence-corrected chi connectivity index (χ1v) is 7.06. The van der Waals surface area contributed by atoms with Gasteiger partial charge in [-0.15, -0.1) is 0 Å². The quantitative estimate of drug-likeness (QED) is 0.929. The lowest BCUT2D eigenvalue weighted by Crippen LogP contribution is -2.20. The molecule has 2 aromatic rings. The van der Waals surface area contributed by atoms with E-state index in [-0.39, 0.29) is 0 Å². The Labute approximate surface area is 119 Å². The van der Waals surface area contributed by atoms with Gasteiger partial charge in [0.05, 0.1) is 7.11 Å². The molecule has 1 aliphatic heterocycles. The smallest absolute Gasteiger partial charge is 0.221 e. The first-order valence-electron chi connectivity index (χ1n) is 7.06. The van der Waals surface area contributed by atoms with Crippen molar-refractivity contribution in [3.8, 4) is 5.88 Å². The number of ether oxygens (including phenoxy) is 1. The highest BCUT2D eigenvalue weighted by molar-refractivity contribution is 5.87. The van der Waals surface area contributed by atoms with Crippen LogP contribution in [0.4, 0.5) is 0 Å². The van der Waals surface area contributed by atoms with Gasteiger partial charge < -0.3 is 10.5 Å². The van der Waals surface area contributed by atoms with Crippen molar-refractivity contribution in [2.45, 2.75) is 12.5 Å². The molecule has 0 saturated carbocycles. The van der Waals surface area contributed by atoms with E-state index >= 15 is 0 Å². The Kier molecular flexibility index (Phi) is 3.59. The SMILES string of the molecule is COc1nccc2ccc(C3CC(CN)CN3C)cc12. The zero-order chi connectivity index (χ0) is 14.1. The average molecular weight is 271 g/mol. The second-order valence-corrected chi connectivity index (χ2v) is 5.59. The van der Waals surface area contributed by atoms with Crippen molar-refractivity contribution in [3.05, 3.63) is 36.0 Å². The summed E-state index contributed by atoms with van der Waals surface area (Å²) in [6, 6.07) is 9.03. The van der Waals surface area contributed by atoms with E-state index in [0.29, 0.717) is 17.8 Å². The number of rotatable bonds is 3.